The maximum absolute atomic E-state index is 12.6. The minimum Gasteiger partial charge on any atom is -0.383 e. The van der Waals surface area contributed by atoms with Crippen molar-refractivity contribution in [2.24, 2.45) is 0 Å². The lowest BCUT2D eigenvalue weighted by Crippen LogP contribution is -2.28. The van der Waals surface area contributed by atoms with Crippen LogP contribution < -0.4 is 10.6 Å². The van der Waals surface area contributed by atoms with Crippen molar-refractivity contribution in [1.82, 2.24) is 5.32 Å². The highest BCUT2D eigenvalue weighted by Gasteiger charge is 2.14. The molecular formula is C18H18Cl2N2O3S. The molecular weight excluding hydrogens is 395 g/mol. The molecule has 2 rings (SSSR count). The van der Waals surface area contributed by atoms with Gasteiger partial charge in [0.15, 0.2) is 0 Å². The first kappa shape index (κ1) is 20.6. The van der Waals surface area contributed by atoms with Gasteiger partial charge in [-0.25, -0.2) is 0 Å². The van der Waals surface area contributed by atoms with Crippen molar-refractivity contribution in [2.45, 2.75) is 4.90 Å². The average Bonchev–Trinajstić information content (AvgIpc) is 2.62. The highest BCUT2D eigenvalue weighted by molar-refractivity contribution is 8.00. The third kappa shape index (κ3) is 6.21. The second-order valence-electron chi connectivity index (χ2n) is 5.21. The van der Waals surface area contributed by atoms with Gasteiger partial charge in [0, 0.05) is 23.6 Å². The van der Waals surface area contributed by atoms with E-state index in [0.29, 0.717) is 39.3 Å². The van der Waals surface area contributed by atoms with Crippen LogP contribution in [0.15, 0.2) is 47.4 Å². The number of halogens is 2. The Morgan fingerprint density at radius 1 is 1.15 bits per heavy atom. The number of nitrogens with one attached hydrogen (secondary N) is 2. The van der Waals surface area contributed by atoms with Crippen LogP contribution in [-0.4, -0.2) is 37.8 Å². The highest BCUT2D eigenvalue weighted by atomic mass is 35.5. The first-order chi connectivity index (χ1) is 12.5. The Kier molecular flexibility index (Phi) is 8.25. The fourth-order valence-electron chi connectivity index (χ4n) is 2.05. The van der Waals surface area contributed by atoms with Crippen LogP contribution in [-0.2, 0) is 9.53 Å². The van der Waals surface area contributed by atoms with E-state index in [0.717, 1.165) is 0 Å². The van der Waals surface area contributed by atoms with E-state index in [4.69, 9.17) is 27.9 Å². The van der Waals surface area contributed by atoms with Gasteiger partial charge in [-0.15, -0.1) is 11.8 Å². The summed E-state index contributed by atoms with van der Waals surface area (Å²) < 4.78 is 4.89. The Morgan fingerprint density at radius 3 is 2.65 bits per heavy atom. The van der Waals surface area contributed by atoms with Crippen molar-refractivity contribution in [3.63, 3.8) is 0 Å². The first-order valence-corrected chi connectivity index (χ1v) is 9.49. The molecule has 0 saturated heterocycles. The molecule has 8 heteroatoms. The lowest BCUT2D eigenvalue weighted by Gasteiger charge is -2.11. The average molecular weight is 413 g/mol. The van der Waals surface area contributed by atoms with Gasteiger partial charge in [-0.2, -0.15) is 0 Å². The summed E-state index contributed by atoms with van der Waals surface area (Å²) in [5, 5.41) is 6.35. The van der Waals surface area contributed by atoms with Crippen LogP contribution in [0.3, 0.4) is 0 Å². The number of hydrogen-bond acceptors (Lipinski definition) is 4. The third-order valence-corrected chi connectivity index (χ3v) is 4.92. The number of carbonyl (C=O) groups is 2. The number of methoxy groups -OCH3 is 1. The predicted molar refractivity (Wildman–Crippen MR) is 106 cm³/mol. The molecule has 0 fully saturated rings. The van der Waals surface area contributed by atoms with Crippen molar-refractivity contribution < 1.29 is 14.3 Å². The number of carbonyl (C=O) groups excluding carboxylic acids is 2. The number of ether oxygens (including phenoxy) is 1. The number of benzene rings is 2. The van der Waals surface area contributed by atoms with E-state index in [-0.39, 0.29) is 17.6 Å². The molecule has 0 aromatic heterocycles. The smallest absolute Gasteiger partial charge is 0.256 e. The summed E-state index contributed by atoms with van der Waals surface area (Å²) in [6, 6.07) is 11.9. The monoisotopic (exact) mass is 412 g/mol. The molecule has 2 amide bonds. The first-order valence-electron chi connectivity index (χ1n) is 7.75. The zero-order chi connectivity index (χ0) is 18.9. The molecule has 0 saturated carbocycles. The topological polar surface area (TPSA) is 67.4 Å². The minimum absolute atomic E-state index is 0.122. The maximum atomic E-state index is 12.6. The Morgan fingerprint density at radius 2 is 1.92 bits per heavy atom. The Hall–Kier alpha value is -1.73. The lowest BCUT2D eigenvalue weighted by atomic mass is 10.2. The van der Waals surface area contributed by atoms with Crippen molar-refractivity contribution in [2.75, 3.05) is 31.3 Å². The van der Waals surface area contributed by atoms with Crippen molar-refractivity contribution >= 4 is 52.5 Å². The molecule has 0 bridgehead atoms. The van der Waals surface area contributed by atoms with E-state index in [1.165, 1.54) is 11.8 Å². The molecule has 2 N–H and O–H groups in total. The van der Waals surface area contributed by atoms with Crippen LogP contribution in [0.1, 0.15) is 10.4 Å². The van der Waals surface area contributed by atoms with Gasteiger partial charge in [0.25, 0.3) is 5.91 Å². The van der Waals surface area contributed by atoms with Crippen molar-refractivity contribution in [1.29, 1.82) is 0 Å². The fraction of sp³-hybridized carbons (Fsp3) is 0.222. The molecule has 0 atom stereocenters. The summed E-state index contributed by atoms with van der Waals surface area (Å²) in [5.74, 6) is -0.226. The van der Waals surface area contributed by atoms with Gasteiger partial charge in [-0.3, -0.25) is 9.59 Å². The number of amides is 2. The third-order valence-electron chi connectivity index (χ3n) is 3.30. The minimum atomic E-state index is -0.308. The zero-order valence-corrected chi connectivity index (χ0v) is 16.4. The molecule has 0 heterocycles. The van der Waals surface area contributed by atoms with E-state index < -0.39 is 0 Å². The maximum Gasteiger partial charge on any atom is 0.256 e. The van der Waals surface area contributed by atoms with Crippen molar-refractivity contribution in [3.05, 3.63) is 58.1 Å². The fourth-order valence-corrected chi connectivity index (χ4v) is 3.38. The Bertz CT molecular complexity index is 787. The van der Waals surface area contributed by atoms with E-state index in [1.807, 2.05) is 6.07 Å². The number of thioether (sulfide) groups is 1. The number of anilines is 1. The molecule has 2 aromatic rings. The van der Waals surface area contributed by atoms with Crippen molar-refractivity contribution in [3.8, 4) is 0 Å². The largest absolute Gasteiger partial charge is 0.383 e. The molecule has 26 heavy (non-hydrogen) atoms. The summed E-state index contributed by atoms with van der Waals surface area (Å²) in [4.78, 5) is 25.1. The van der Waals surface area contributed by atoms with Gasteiger partial charge in [-0.1, -0.05) is 35.3 Å². The second kappa shape index (κ2) is 10.4. The van der Waals surface area contributed by atoms with Gasteiger partial charge < -0.3 is 15.4 Å². The summed E-state index contributed by atoms with van der Waals surface area (Å²) in [6.07, 6.45) is 0. The molecule has 2 aromatic carbocycles. The molecule has 0 aliphatic heterocycles. The molecule has 0 spiro atoms. The molecule has 0 radical (unpaired) electrons. The van der Waals surface area contributed by atoms with Gasteiger partial charge in [-0.05, 0) is 30.3 Å². The molecule has 0 aliphatic carbocycles. The van der Waals surface area contributed by atoms with Crippen LogP contribution in [0, 0.1) is 0 Å². The van der Waals surface area contributed by atoms with Crippen LogP contribution in [0.5, 0.6) is 0 Å². The molecule has 0 aliphatic rings. The highest BCUT2D eigenvalue weighted by Crippen LogP contribution is 2.28. The van der Waals surface area contributed by atoms with Gasteiger partial charge in [0.05, 0.1) is 28.6 Å². The normalized spacial score (nSPS) is 10.4. The van der Waals surface area contributed by atoms with Crippen LogP contribution in [0.25, 0.3) is 0 Å². The Labute approximate surface area is 166 Å². The van der Waals surface area contributed by atoms with Gasteiger partial charge >= 0.3 is 0 Å². The predicted octanol–water partition coefficient (Wildman–Crippen LogP) is 4.10. The van der Waals surface area contributed by atoms with Crippen LogP contribution in [0.2, 0.25) is 10.0 Å². The van der Waals surface area contributed by atoms with E-state index >= 15 is 0 Å². The summed E-state index contributed by atoms with van der Waals surface area (Å²) >= 11 is 13.3. The zero-order valence-electron chi connectivity index (χ0n) is 14.1. The summed E-state index contributed by atoms with van der Waals surface area (Å²) in [6.45, 7) is 0.907. The Balaban J connectivity index is 2.03. The number of rotatable bonds is 8. The second-order valence-corrected chi connectivity index (χ2v) is 7.07. The standard InChI is InChI=1S/C18H18Cl2N2O3S/c1-25-9-8-21-17(23)11-26-16-5-3-2-4-13(16)18(24)22-15-7-6-12(19)10-14(15)20/h2-7,10H,8-9,11H2,1H3,(H,21,23)(H,22,24). The molecule has 0 unspecified atom stereocenters. The van der Waals surface area contributed by atoms with E-state index in [1.54, 1.807) is 43.5 Å². The van der Waals surface area contributed by atoms with E-state index in [9.17, 15) is 9.59 Å². The quantitative estimate of drug-likeness (QED) is 0.505. The van der Waals surface area contributed by atoms with Crippen LogP contribution in [0.4, 0.5) is 5.69 Å². The SMILES string of the molecule is COCCNC(=O)CSc1ccccc1C(=O)Nc1ccc(Cl)cc1Cl. The summed E-state index contributed by atoms with van der Waals surface area (Å²) in [7, 11) is 1.57. The lowest BCUT2D eigenvalue weighted by molar-refractivity contribution is -0.118. The number of hydrogen-bond donors (Lipinski definition) is 2. The van der Waals surface area contributed by atoms with E-state index in [2.05, 4.69) is 10.6 Å². The molecule has 5 nitrogen and oxygen atoms in total. The molecule has 138 valence electrons. The summed E-state index contributed by atoms with van der Waals surface area (Å²) in [5.41, 5.74) is 0.936. The van der Waals surface area contributed by atoms with Gasteiger partial charge in [0.2, 0.25) is 5.91 Å². The van der Waals surface area contributed by atoms with Crippen LogP contribution >= 0.6 is 35.0 Å². The van der Waals surface area contributed by atoms with Gasteiger partial charge in [0.1, 0.15) is 0 Å².